The van der Waals surface area contributed by atoms with E-state index in [1.165, 1.54) is 7.11 Å². The fourth-order valence-corrected chi connectivity index (χ4v) is 13.2. The minimum Gasteiger partial charge on any atom is -0.467 e. The number of carbonyl (C=O) groups is 1. The van der Waals surface area contributed by atoms with Crippen LogP contribution in [0.25, 0.3) is 0 Å². The Morgan fingerprint density at radius 2 is 1.57 bits per heavy atom. The average molecular weight is 693 g/mol. The molecule has 0 aromatic heterocycles. The Morgan fingerprint density at radius 3 is 2.00 bits per heavy atom. The minimum atomic E-state index is -2.60. The zero-order valence-corrected chi connectivity index (χ0v) is 34.5. The summed E-state index contributed by atoms with van der Waals surface area (Å²) < 4.78 is 32.2. The molecule has 0 aromatic rings. The number of hydrogen-bond acceptors (Lipinski definition) is 7. The van der Waals surface area contributed by atoms with E-state index in [0.717, 1.165) is 36.3 Å². The third-order valence-electron chi connectivity index (χ3n) is 11.2. The Hall–Kier alpha value is -1.22. The molecule has 10 heteroatoms. The molecule has 7 nitrogen and oxygen atoms in total. The second kappa shape index (κ2) is 15.1. The van der Waals surface area contributed by atoms with Crippen LogP contribution in [0, 0.1) is 23.3 Å². The standard InChI is InChI=1S/C36H64O7Si3/c1-15-45(16-2,17-3)28-22-23-34(30-29-40-33(10,11)41-30,42-46(18-4,19-5)20-6)26-27-35(38)24-21-25-36(35,31(37)39-12)43-44(13,14)32(7,8)9/h21,24,30,38H,15-20,23,25,29H2,1-14H3/t30-,34-,35-,36+/m1/s1. The lowest BCUT2D eigenvalue weighted by Gasteiger charge is -2.46. The Balaban J connectivity index is 2.93. The van der Waals surface area contributed by atoms with Crippen LogP contribution in [0.4, 0.5) is 0 Å². The SMILES string of the molecule is CC[Si](C#CC[C@](C#C[C@]1(O)C=CC[C@]1(O[Si](C)(C)C(C)(C)C)C(=O)OC)(O[Si](CC)(CC)CC)[C@H]1COC(C)(C)O1)(CC)CC. The van der Waals surface area contributed by atoms with Gasteiger partial charge in [0.2, 0.25) is 5.60 Å². The van der Waals surface area contributed by atoms with Gasteiger partial charge >= 0.3 is 5.97 Å². The highest BCUT2D eigenvalue weighted by Crippen LogP contribution is 2.47. The predicted octanol–water partition coefficient (Wildman–Crippen LogP) is 7.97. The van der Waals surface area contributed by atoms with E-state index < -0.39 is 59.4 Å². The van der Waals surface area contributed by atoms with Crippen LogP contribution in [-0.4, -0.2) is 78.2 Å². The molecular weight excluding hydrogens is 629 g/mol. The summed E-state index contributed by atoms with van der Waals surface area (Å²) in [7, 11) is -5.38. The van der Waals surface area contributed by atoms with Crippen molar-refractivity contribution in [2.45, 2.75) is 172 Å². The van der Waals surface area contributed by atoms with E-state index >= 15 is 0 Å². The van der Waals surface area contributed by atoms with Crippen molar-refractivity contribution in [3.8, 4) is 23.3 Å². The first-order valence-electron chi connectivity index (χ1n) is 17.4. The number of carbonyl (C=O) groups excluding carboxylic acids is 1. The van der Waals surface area contributed by atoms with Crippen LogP contribution in [0.5, 0.6) is 0 Å². The number of hydrogen-bond donors (Lipinski definition) is 1. The first-order chi connectivity index (χ1) is 21.2. The minimum absolute atomic E-state index is 0.149. The van der Waals surface area contributed by atoms with E-state index in [9.17, 15) is 9.90 Å². The van der Waals surface area contributed by atoms with Gasteiger partial charge in [-0.05, 0) is 74.3 Å². The highest BCUT2D eigenvalue weighted by atomic mass is 28.4. The smallest absolute Gasteiger partial charge is 0.341 e. The molecule has 0 aromatic carbocycles. The molecule has 0 bridgehead atoms. The summed E-state index contributed by atoms with van der Waals surface area (Å²) in [4.78, 5) is 13.7. The first-order valence-corrected chi connectivity index (χ1v) is 25.5. The summed E-state index contributed by atoms with van der Waals surface area (Å²) in [6.45, 7) is 27.8. The Morgan fingerprint density at radius 1 is 1.00 bits per heavy atom. The molecule has 0 radical (unpaired) electrons. The molecule has 262 valence electrons. The monoisotopic (exact) mass is 692 g/mol. The number of rotatable bonds is 13. The molecule has 2 rings (SSSR count). The molecule has 4 atom stereocenters. The molecule has 2 aliphatic rings. The van der Waals surface area contributed by atoms with Gasteiger partial charge in [0.05, 0.1) is 20.1 Å². The average Bonchev–Trinajstić information content (AvgIpc) is 3.55. The van der Waals surface area contributed by atoms with Gasteiger partial charge in [-0.15, -0.1) is 11.5 Å². The third-order valence-corrected chi connectivity index (χ3v) is 25.1. The molecule has 1 aliphatic heterocycles. The van der Waals surface area contributed by atoms with Crippen molar-refractivity contribution in [2.75, 3.05) is 13.7 Å². The summed E-state index contributed by atoms with van der Waals surface area (Å²) in [5.74, 6) is 8.74. The number of esters is 1. The fourth-order valence-electron chi connectivity index (χ4n) is 6.20. The second-order valence-electron chi connectivity index (χ2n) is 15.2. The highest BCUT2D eigenvalue weighted by Gasteiger charge is 2.62. The lowest BCUT2D eigenvalue weighted by molar-refractivity contribution is -0.173. The van der Waals surface area contributed by atoms with Crippen LogP contribution in [-0.2, 0) is 27.9 Å². The molecule has 0 saturated carbocycles. The number of aliphatic hydroxyl groups is 1. The summed E-state index contributed by atoms with van der Waals surface area (Å²) in [6.07, 6.45) is 3.26. The van der Waals surface area contributed by atoms with E-state index in [0.29, 0.717) is 6.42 Å². The molecule has 1 heterocycles. The molecule has 1 N–H and O–H groups in total. The van der Waals surface area contributed by atoms with E-state index in [-0.39, 0.29) is 18.1 Å². The number of ether oxygens (including phenoxy) is 3. The highest BCUT2D eigenvalue weighted by molar-refractivity contribution is 6.87. The predicted molar refractivity (Wildman–Crippen MR) is 195 cm³/mol. The largest absolute Gasteiger partial charge is 0.467 e. The Kier molecular flexibility index (Phi) is 13.5. The van der Waals surface area contributed by atoms with Gasteiger partial charge in [0.1, 0.15) is 14.2 Å². The molecule has 1 aliphatic carbocycles. The molecule has 1 fully saturated rings. The van der Waals surface area contributed by atoms with Crippen molar-refractivity contribution in [2.24, 2.45) is 0 Å². The van der Waals surface area contributed by atoms with E-state index in [4.69, 9.17) is 23.1 Å². The van der Waals surface area contributed by atoms with Gasteiger partial charge in [-0.2, -0.15) is 0 Å². The van der Waals surface area contributed by atoms with Crippen LogP contribution in [0.15, 0.2) is 12.2 Å². The first kappa shape index (κ1) is 41.0. The van der Waals surface area contributed by atoms with E-state index in [2.05, 4.69) is 98.7 Å². The maximum absolute atomic E-state index is 13.7. The van der Waals surface area contributed by atoms with Gasteiger partial charge in [0.25, 0.3) is 0 Å². The number of methoxy groups -OCH3 is 1. The van der Waals surface area contributed by atoms with Gasteiger partial charge in [-0.3, -0.25) is 0 Å². The zero-order chi connectivity index (χ0) is 35.3. The Bertz CT molecular complexity index is 1190. The van der Waals surface area contributed by atoms with Crippen LogP contribution in [0.2, 0.25) is 54.4 Å². The maximum Gasteiger partial charge on any atom is 0.341 e. The fraction of sp³-hybridized carbons (Fsp3) is 0.806. The van der Waals surface area contributed by atoms with Gasteiger partial charge in [0.15, 0.2) is 33.6 Å². The van der Waals surface area contributed by atoms with Crippen LogP contribution < -0.4 is 0 Å². The molecule has 46 heavy (non-hydrogen) atoms. The summed E-state index contributed by atoms with van der Waals surface area (Å²) in [5, 5.41) is 12.2. The summed E-state index contributed by atoms with van der Waals surface area (Å²) >= 11 is 0. The quantitative estimate of drug-likeness (QED) is 0.0908. The van der Waals surface area contributed by atoms with Crippen LogP contribution >= 0.6 is 0 Å². The third kappa shape index (κ3) is 8.31. The van der Waals surface area contributed by atoms with Gasteiger partial charge < -0.3 is 28.2 Å². The van der Waals surface area contributed by atoms with Crippen molar-refractivity contribution >= 4 is 30.7 Å². The van der Waals surface area contributed by atoms with Crippen molar-refractivity contribution < 1.29 is 33.0 Å². The molecule has 0 spiro atoms. The van der Waals surface area contributed by atoms with Crippen LogP contribution in [0.1, 0.15) is 89.0 Å². The molecular formula is C36H64O7Si3. The molecule has 0 unspecified atom stereocenters. The second-order valence-corrected chi connectivity index (χ2v) is 29.5. The van der Waals surface area contributed by atoms with Gasteiger partial charge in [0, 0.05) is 6.42 Å². The van der Waals surface area contributed by atoms with Crippen molar-refractivity contribution in [3.05, 3.63) is 12.2 Å². The van der Waals surface area contributed by atoms with Crippen LogP contribution in [0.3, 0.4) is 0 Å². The van der Waals surface area contributed by atoms with E-state index in [1.54, 1.807) is 12.2 Å². The maximum atomic E-state index is 13.7. The molecule has 1 saturated heterocycles. The van der Waals surface area contributed by atoms with Gasteiger partial charge in [-0.1, -0.05) is 80.2 Å². The van der Waals surface area contributed by atoms with Crippen molar-refractivity contribution in [1.29, 1.82) is 0 Å². The normalized spacial score (nSPS) is 26.1. The lowest BCUT2D eigenvalue weighted by Crippen LogP contribution is -2.63. The van der Waals surface area contributed by atoms with Crippen molar-refractivity contribution in [1.82, 2.24) is 0 Å². The van der Waals surface area contributed by atoms with Gasteiger partial charge in [-0.25, -0.2) is 4.79 Å². The van der Waals surface area contributed by atoms with E-state index in [1.807, 2.05) is 13.8 Å². The zero-order valence-electron chi connectivity index (χ0n) is 31.5. The lowest BCUT2D eigenvalue weighted by atomic mass is 9.84. The van der Waals surface area contributed by atoms with Crippen molar-refractivity contribution in [3.63, 3.8) is 0 Å². The Labute approximate surface area is 284 Å². The summed E-state index contributed by atoms with van der Waals surface area (Å²) in [5.41, 5.74) is -1.14. The molecule has 0 amide bonds. The topological polar surface area (TPSA) is 83.5 Å². The summed E-state index contributed by atoms with van der Waals surface area (Å²) in [6, 6.07) is 5.94.